The molecule has 0 aliphatic heterocycles. The number of para-hydroxylation sites is 2. The molecule has 0 N–H and O–H groups in total. The monoisotopic (exact) mass is 417 g/mol. The highest BCUT2D eigenvalue weighted by Crippen LogP contribution is 2.24. The molecule has 154 valence electrons. The van der Waals surface area contributed by atoms with Crippen molar-refractivity contribution in [3.8, 4) is 34.4 Å². The van der Waals surface area contributed by atoms with Gasteiger partial charge in [-0.05, 0) is 48.5 Å². The van der Waals surface area contributed by atoms with Crippen LogP contribution in [0.5, 0.6) is 0 Å². The smallest absolute Gasteiger partial charge is 0.248 e. The Kier molecular flexibility index (Phi) is 5.53. The summed E-state index contributed by atoms with van der Waals surface area (Å²) in [7, 11) is 0. The number of nitrogens with zero attached hydrogens (tertiary/aromatic N) is 3. The highest BCUT2D eigenvalue weighted by Gasteiger charge is 2.09. The molecule has 5 nitrogen and oxygen atoms in total. The van der Waals surface area contributed by atoms with Crippen LogP contribution in [-0.2, 0) is 0 Å². The standard InChI is InChI=1S/C14H10N2O.C13H9NO/c1-3-7-11(8-4-1)13-15-16-14(17-13)12-9-5-2-6-10-12;1-2-6-10(7-3-1)13-14-11-8-4-5-9-12(11)15-13/h1-10H;1-9H. The van der Waals surface area contributed by atoms with Crippen LogP contribution in [0.15, 0.2) is 124 Å². The van der Waals surface area contributed by atoms with E-state index in [1.165, 1.54) is 0 Å². The molecular formula is C27H19N3O2. The van der Waals surface area contributed by atoms with Crippen molar-refractivity contribution in [3.63, 3.8) is 0 Å². The Morgan fingerprint density at radius 2 is 0.844 bits per heavy atom. The van der Waals surface area contributed by atoms with Gasteiger partial charge in [0.05, 0.1) is 0 Å². The van der Waals surface area contributed by atoms with Crippen molar-refractivity contribution in [3.05, 3.63) is 115 Å². The summed E-state index contributed by atoms with van der Waals surface area (Å²) in [5.41, 5.74) is 4.60. The minimum atomic E-state index is 0.546. The van der Waals surface area contributed by atoms with Gasteiger partial charge in [0, 0.05) is 16.7 Å². The fourth-order valence-corrected chi connectivity index (χ4v) is 3.19. The van der Waals surface area contributed by atoms with Gasteiger partial charge in [-0.2, -0.15) is 0 Å². The number of benzene rings is 4. The van der Waals surface area contributed by atoms with Crippen molar-refractivity contribution >= 4 is 11.1 Å². The van der Waals surface area contributed by atoms with Gasteiger partial charge in [-0.15, -0.1) is 10.2 Å². The third-order valence-electron chi connectivity index (χ3n) is 4.78. The van der Waals surface area contributed by atoms with E-state index < -0.39 is 0 Å². The minimum Gasteiger partial charge on any atom is -0.436 e. The molecule has 0 unspecified atom stereocenters. The quantitative estimate of drug-likeness (QED) is 0.313. The van der Waals surface area contributed by atoms with Crippen LogP contribution in [-0.4, -0.2) is 15.2 Å². The third kappa shape index (κ3) is 4.32. The minimum absolute atomic E-state index is 0.546. The molecule has 0 fully saturated rings. The van der Waals surface area contributed by atoms with Gasteiger partial charge in [-0.1, -0.05) is 66.7 Å². The van der Waals surface area contributed by atoms with Gasteiger partial charge in [-0.3, -0.25) is 0 Å². The van der Waals surface area contributed by atoms with Crippen LogP contribution in [0.25, 0.3) is 45.5 Å². The second kappa shape index (κ2) is 9.10. The zero-order valence-electron chi connectivity index (χ0n) is 17.1. The maximum Gasteiger partial charge on any atom is 0.248 e. The van der Waals surface area contributed by atoms with E-state index in [1.807, 2.05) is 115 Å². The molecule has 5 heteroatoms. The van der Waals surface area contributed by atoms with E-state index in [2.05, 4.69) is 15.2 Å². The predicted molar refractivity (Wildman–Crippen MR) is 125 cm³/mol. The molecule has 0 saturated heterocycles. The molecule has 0 radical (unpaired) electrons. The molecule has 32 heavy (non-hydrogen) atoms. The van der Waals surface area contributed by atoms with Crippen molar-refractivity contribution in [2.45, 2.75) is 0 Å². The topological polar surface area (TPSA) is 65.0 Å². The van der Waals surface area contributed by atoms with Crippen molar-refractivity contribution in [2.75, 3.05) is 0 Å². The molecular weight excluding hydrogens is 398 g/mol. The summed E-state index contributed by atoms with van der Waals surface area (Å²) >= 11 is 0. The number of aromatic nitrogens is 3. The van der Waals surface area contributed by atoms with E-state index in [1.54, 1.807) is 0 Å². The van der Waals surface area contributed by atoms with Gasteiger partial charge >= 0.3 is 0 Å². The fourth-order valence-electron chi connectivity index (χ4n) is 3.19. The largest absolute Gasteiger partial charge is 0.436 e. The van der Waals surface area contributed by atoms with Gasteiger partial charge in [0.1, 0.15) is 5.52 Å². The average Bonchev–Trinajstić information content (AvgIpc) is 3.54. The SMILES string of the molecule is c1ccc(-c2nc3ccccc3o2)cc1.c1ccc(-c2nnc(-c3ccccc3)o2)cc1. The van der Waals surface area contributed by atoms with E-state index in [0.717, 1.165) is 27.8 Å². The van der Waals surface area contributed by atoms with E-state index in [-0.39, 0.29) is 0 Å². The summed E-state index contributed by atoms with van der Waals surface area (Å²) in [5, 5.41) is 8.09. The zero-order valence-corrected chi connectivity index (χ0v) is 17.1. The molecule has 6 aromatic rings. The van der Waals surface area contributed by atoms with Gasteiger partial charge in [0.2, 0.25) is 17.7 Å². The van der Waals surface area contributed by atoms with E-state index in [9.17, 15) is 0 Å². The predicted octanol–water partition coefficient (Wildman–Crippen LogP) is 6.90. The summed E-state index contributed by atoms with van der Waals surface area (Å²) in [6.07, 6.45) is 0. The van der Waals surface area contributed by atoms with Crippen LogP contribution in [0.4, 0.5) is 0 Å². The normalized spacial score (nSPS) is 10.5. The maximum atomic E-state index is 5.64. The van der Waals surface area contributed by atoms with Crippen molar-refractivity contribution in [1.82, 2.24) is 15.2 Å². The van der Waals surface area contributed by atoms with E-state index in [0.29, 0.717) is 17.7 Å². The van der Waals surface area contributed by atoms with E-state index >= 15 is 0 Å². The van der Waals surface area contributed by atoms with Gasteiger partial charge in [0.15, 0.2) is 5.58 Å². The summed E-state index contributed by atoms with van der Waals surface area (Å²) in [6.45, 7) is 0. The third-order valence-corrected chi connectivity index (χ3v) is 4.78. The van der Waals surface area contributed by atoms with Crippen molar-refractivity contribution < 1.29 is 8.83 Å². The molecule has 0 aliphatic rings. The first-order valence-corrected chi connectivity index (χ1v) is 10.2. The van der Waals surface area contributed by atoms with Gasteiger partial charge in [-0.25, -0.2) is 4.98 Å². The highest BCUT2D eigenvalue weighted by molar-refractivity contribution is 5.75. The summed E-state index contributed by atoms with van der Waals surface area (Å²) in [5.74, 6) is 1.77. The van der Waals surface area contributed by atoms with Crippen LogP contribution in [0.1, 0.15) is 0 Å². The molecule has 0 atom stereocenters. The first-order valence-electron chi connectivity index (χ1n) is 10.2. The first kappa shape index (κ1) is 19.5. The molecule has 2 heterocycles. The Morgan fingerprint density at radius 1 is 0.406 bits per heavy atom. The first-order chi connectivity index (χ1) is 15.9. The number of hydrogen-bond donors (Lipinski definition) is 0. The van der Waals surface area contributed by atoms with Gasteiger partial charge in [0.25, 0.3) is 0 Å². The molecule has 0 saturated carbocycles. The Labute approximate surface area is 185 Å². The number of rotatable bonds is 3. The molecule has 0 amide bonds. The van der Waals surface area contributed by atoms with Crippen LogP contribution in [0.3, 0.4) is 0 Å². The van der Waals surface area contributed by atoms with E-state index in [4.69, 9.17) is 8.83 Å². The fraction of sp³-hybridized carbons (Fsp3) is 0. The molecule has 0 bridgehead atoms. The second-order valence-corrected chi connectivity index (χ2v) is 7.00. The lowest BCUT2D eigenvalue weighted by atomic mass is 10.2. The van der Waals surface area contributed by atoms with Crippen LogP contribution < -0.4 is 0 Å². The zero-order chi connectivity index (χ0) is 21.6. The lowest BCUT2D eigenvalue weighted by molar-refractivity contribution is 0.584. The summed E-state index contributed by atoms with van der Waals surface area (Å²) in [4.78, 5) is 4.42. The Balaban J connectivity index is 0.000000136. The lowest BCUT2D eigenvalue weighted by Gasteiger charge is -1.93. The molecule has 4 aromatic carbocycles. The molecule has 2 aromatic heterocycles. The Hall–Kier alpha value is -4.51. The Morgan fingerprint density at radius 3 is 1.34 bits per heavy atom. The molecule has 0 spiro atoms. The lowest BCUT2D eigenvalue weighted by Crippen LogP contribution is -1.76. The average molecular weight is 417 g/mol. The summed E-state index contributed by atoms with van der Waals surface area (Å²) in [6, 6.07) is 37.2. The number of fused-ring (bicyclic) bond motifs is 1. The van der Waals surface area contributed by atoms with Crippen LogP contribution in [0, 0.1) is 0 Å². The molecule has 0 aliphatic carbocycles. The van der Waals surface area contributed by atoms with Crippen molar-refractivity contribution in [2.24, 2.45) is 0 Å². The van der Waals surface area contributed by atoms with Gasteiger partial charge < -0.3 is 8.83 Å². The Bertz CT molecular complexity index is 1320. The molecule has 6 rings (SSSR count). The van der Waals surface area contributed by atoms with Crippen LogP contribution in [0.2, 0.25) is 0 Å². The summed E-state index contributed by atoms with van der Waals surface area (Å²) < 4.78 is 11.3. The second-order valence-electron chi connectivity index (χ2n) is 7.00. The van der Waals surface area contributed by atoms with Crippen LogP contribution >= 0.6 is 0 Å². The maximum absolute atomic E-state index is 5.64. The highest BCUT2D eigenvalue weighted by atomic mass is 16.4. The van der Waals surface area contributed by atoms with Crippen molar-refractivity contribution in [1.29, 1.82) is 0 Å². The number of oxazole rings is 1. The number of hydrogen-bond acceptors (Lipinski definition) is 5.